The van der Waals surface area contributed by atoms with Gasteiger partial charge in [0.1, 0.15) is 23.3 Å². The lowest BCUT2D eigenvalue weighted by molar-refractivity contribution is -0.150. The Labute approximate surface area is 197 Å². The monoisotopic (exact) mass is 496 g/mol. The van der Waals surface area contributed by atoms with Crippen LogP contribution in [0.3, 0.4) is 0 Å². The van der Waals surface area contributed by atoms with Crippen molar-refractivity contribution in [2.24, 2.45) is 7.05 Å². The van der Waals surface area contributed by atoms with Crippen molar-refractivity contribution in [1.29, 1.82) is 0 Å². The van der Waals surface area contributed by atoms with E-state index in [1.807, 2.05) is 30.3 Å². The number of esters is 1. The molecule has 0 aliphatic carbocycles. The van der Waals surface area contributed by atoms with Crippen LogP contribution in [0.4, 0.5) is 4.79 Å². The van der Waals surface area contributed by atoms with E-state index in [1.54, 1.807) is 14.0 Å². The van der Waals surface area contributed by atoms with Crippen LogP contribution in [0, 0.1) is 6.92 Å². The van der Waals surface area contributed by atoms with Gasteiger partial charge in [0.25, 0.3) is 0 Å². The fourth-order valence-corrected chi connectivity index (χ4v) is 6.41. The second-order valence-electron chi connectivity index (χ2n) is 8.06. The third kappa shape index (κ3) is 4.57. The molecule has 2 aromatic rings. The molecular formula is C21H25ClN4O6S. The van der Waals surface area contributed by atoms with Crippen molar-refractivity contribution in [3.05, 3.63) is 46.7 Å². The van der Waals surface area contributed by atoms with Crippen LogP contribution in [0.1, 0.15) is 24.1 Å². The van der Waals surface area contributed by atoms with E-state index < -0.39 is 28.1 Å². The van der Waals surface area contributed by atoms with Gasteiger partial charge in [0.2, 0.25) is 10.0 Å². The zero-order valence-electron chi connectivity index (χ0n) is 18.3. The summed E-state index contributed by atoms with van der Waals surface area (Å²) >= 11 is 6.17. The van der Waals surface area contributed by atoms with E-state index in [1.165, 1.54) is 13.9 Å². The minimum Gasteiger partial charge on any atom is -0.459 e. The highest BCUT2D eigenvalue weighted by molar-refractivity contribution is 7.89. The van der Waals surface area contributed by atoms with Gasteiger partial charge in [0.05, 0.1) is 5.69 Å². The topological polar surface area (TPSA) is 111 Å². The van der Waals surface area contributed by atoms with Crippen LogP contribution >= 0.6 is 11.6 Å². The predicted octanol–water partition coefficient (Wildman–Crippen LogP) is 2.10. The number of hydrogen-bond acceptors (Lipinski definition) is 7. The first-order valence-electron chi connectivity index (χ1n) is 10.5. The Hall–Kier alpha value is -2.63. The summed E-state index contributed by atoms with van der Waals surface area (Å²) in [5.74, 6) is -0.544. The first-order valence-corrected chi connectivity index (χ1v) is 12.4. The van der Waals surface area contributed by atoms with Crippen molar-refractivity contribution in [2.45, 2.75) is 43.4 Å². The number of hydrogen-bond donors (Lipinski definition) is 0. The Kier molecular flexibility index (Phi) is 6.64. The Morgan fingerprint density at radius 2 is 1.91 bits per heavy atom. The molecule has 1 amide bonds. The Bertz CT molecular complexity index is 1150. The van der Waals surface area contributed by atoms with E-state index in [0.29, 0.717) is 18.5 Å². The fraction of sp³-hybridized carbons (Fsp3) is 0.476. The van der Waals surface area contributed by atoms with Crippen LogP contribution in [0.2, 0.25) is 5.15 Å². The summed E-state index contributed by atoms with van der Waals surface area (Å²) in [5, 5.41) is 4.14. The average molecular weight is 497 g/mol. The summed E-state index contributed by atoms with van der Waals surface area (Å²) < 4.78 is 39.5. The molecule has 1 aromatic heterocycles. The number of cyclic esters (lactones) is 1. The molecule has 2 fully saturated rings. The van der Waals surface area contributed by atoms with Gasteiger partial charge in [-0.15, -0.1) is 0 Å². The summed E-state index contributed by atoms with van der Waals surface area (Å²) in [4.78, 5) is 26.4. The third-order valence-corrected chi connectivity index (χ3v) is 8.52. The lowest BCUT2D eigenvalue weighted by atomic mass is 10.0. The van der Waals surface area contributed by atoms with Gasteiger partial charge in [-0.1, -0.05) is 41.9 Å². The second kappa shape index (κ2) is 9.32. The van der Waals surface area contributed by atoms with Crippen molar-refractivity contribution in [3.63, 3.8) is 0 Å². The lowest BCUT2D eigenvalue weighted by Crippen LogP contribution is -2.52. The predicted molar refractivity (Wildman–Crippen MR) is 118 cm³/mol. The van der Waals surface area contributed by atoms with Crippen molar-refractivity contribution in [3.8, 4) is 0 Å². The number of ether oxygens (including phenoxy) is 2. The van der Waals surface area contributed by atoms with Crippen molar-refractivity contribution in [1.82, 2.24) is 19.0 Å². The second-order valence-corrected chi connectivity index (χ2v) is 10.3. The molecule has 2 saturated heterocycles. The number of sulfonamides is 1. The molecule has 0 spiro atoms. The molecule has 10 nitrogen and oxygen atoms in total. The van der Waals surface area contributed by atoms with Crippen LogP contribution in [-0.2, 0) is 37.9 Å². The minimum absolute atomic E-state index is 0.00642. The van der Waals surface area contributed by atoms with Crippen LogP contribution in [0.5, 0.6) is 0 Å². The highest BCUT2D eigenvalue weighted by atomic mass is 35.5. The minimum atomic E-state index is -3.84. The molecule has 33 heavy (non-hydrogen) atoms. The summed E-state index contributed by atoms with van der Waals surface area (Å²) in [7, 11) is -2.26. The molecule has 0 radical (unpaired) electrons. The summed E-state index contributed by atoms with van der Waals surface area (Å²) in [6, 6.07) is 8.05. The number of amides is 1. The van der Waals surface area contributed by atoms with Gasteiger partial charge in [-0.25, -0.2) is 18.0 Å². The number of piperidine rings is 1. The van der Waals surface area contributed by atoms with Crippen LogP contribution in [-0.4, -0.2) is 71.2 Å². The van der Waals surface area contributed by atoms with Crippen LogP contribution in [0.25, 0.3) is 0 Å². The molecule has 178 valence electrons. The number of rotatable bonds is 6. The molecule has 2 aliphatic rings. The average Bonchev–Trinajstić information content (AvgIpc) is 3.31. The summed E-state index contributed by atoms with van der Waals surface area (Å²) in [5.41, 5.74) is 1.17. The molecule has 1 atom stereocenters. The molecule has 3 heterocycles. The first kappa shape index (κ1) is 23.5. The first-order chi connectivity index (χ1) is 15.7. The van der Waals surface area contributed by atoms with Crippen LogP contribution in [0.15, 0.2) is 35.2 Å². The van der Waals surface area contributed by atoms with E-state index in [9.17, 15) is 18.0 Å². The van der Waals surface area contributed by atoms with E-state index in [2.05, 4.69) is 5.10 Å². The third-order valence-electron chi connectivity index (χ3n) is 5.92. The van der Waals surface area contributed by atoms with Gasteiger partial charge < -0.3 is 9.47 Å². The van der Waals surface area contributed by atoms with Gasteiger partial charge in [0, 0.05) is 26.2 Å². The molecule has 12 heteroatoms. The van der Waals surface area contributed by atoms with E-state index >= 15 is 0 Å². The molecule has 0 N–H and O–H groups in total. The Balaban J connectivity index is 1.41. The van der Waals surface area contributed by atoms with Gasteiger partial charge >= 0.3 is 12.1 Å². The number of benzene rings is 1. The molecule has 0 bridgehead atoms. The van der Waals surface area contributed by atoms with Crippen molar-refractivity contribution >= 4 is 33.7 Å². The van der Waals surface area contributed by atoms with E-state index in [4.69, 9.17) is 21.1 Å². The van der Waals surface area contributed by atoms with E-state index in [-0.39, 0.29) is 42.4 Å². The normalized spacial score (nSPS) is 20.2. The van der Waals surface area contributed by atoms with Gasteiger partial charge in [-0.3, -0.25) is 9.58 Å². The lowest BCUT2D eigenvalue weighted by Gasteiger charge is -2.36. The number of aromatic nitrogens is 2. The highest BCUT2D eigenvalue weighted by Crippen LogP contribution is 2.31. The Morgan fingerprint density at radius 1 is 1.24 bits per heavy atom. The molecular weight excluding hydrogens is 472 g/mol. The number of halogens is 1. The van der Waals surface area contributed by atoms with Gasteiger partial charge in [-0.05, 0) is 25.3 Å². The smallest absolute Gasteiger partial charge is 0.410 e. The zero-order chi connectivity index (χ0) is 23.8. The number of aryl methyl sites for hydroxylation is 2. The van der Waals surface area contributed by atoms with Crippen molar-refractivity contribution < 1.29 is 27.5 Å². The van der Waals surface area contributed by atoms with Gasteiger partial charge in [0.15, 0.2) is 6.04 Å². The Morgan fingerprint density at radius 3 is 2.52 bits per heavy atom. The van der Waals surface area contributed by atoms with E-state index in [0.717, 1.165) is 5.56 Å². The summed E-state index contributed by atoms with van der Waals surface area (Å²) in [6.07, 6.45) is 0.116. The number of carbonyl (C=O) groups is 2. The standard InChI is InChI=1S/C21H25ClN4O6S/c1-14-18(19(22)24(2)23-14)33(29,30)25-10-8-16(9-11-25)26-17(13-32-21(26)28)20(27)31-12-15-6-4-3-5-7-15/h3-7,16-17H,8-13H2,1-2H3. The van der Waals surface area contributed by atoms with Crippen LogP contribution < -0.4 is 0 Å². The van der Waals surface area contributed by atoms with Crippen molar-refractivity contribution in [2.75, 3.05) is 19.7 Å². The molecule has 1 unspecified atom stereocenters. The summed E-state index contributed by atoms with van der Waals surface area (Å²) in [6.45, 7) is 1.95. The molecule has 1 aromatic carbocycles. The van der Waals surface area contributed by atoms with Gasteiger partial charge in [-0.2, -0.15) is 9.40 Å². The largest absolute Gasteiger partial charge is 0.459 e. The zero-order valence-corrected chi connectivity index (χ0v) is 19.9. The molecule has 0 saturated carbocycles. The maximum atomic E-state index is 13.1. The number of carbonyl (C=O) groups excluding carboxylic acids is 2. The molecule has 4 rings (SSSR count). The SMILES string of the molecule is Cc1nn(C)c(Cl)c1S(=O)(=O)N1CCC(N2C(=O)OCC2C(=O)OCc2ccccc2)CC1. The molecule has 2 aliphatic heterocycles. The highest BCUT2D eigenvalue weighted by Gasteiger charge is 2.45. The number of nitrogens with zero attached hydrogens (tertiary/aromatic N) is 4. The maximum absolute atomic E-state index is 13.1. The maximum Gasteiger partial charge on any atom is 0.410 e. The fourth-order valence-electron chi connectivity index (χ4n) is 4.24. The quantitative estimate of drug-likeness (QED) is 0.563.